The second-order valence-corrected chi connectivity index (χ2v) is 9.18. The van der Waals surface area contributed by atoms with Gasteiger partial charge in [-0.05, 0) is 94.2 Å². The SMILES string of the molecule is C=N/C=C\C(=C/C)c1nnc(-c2ccncc2)n1-c1ccc(N(c2ccc(C)cc2)c2ccc(C)cc2)cc1. The van der Waals surface area contributed by atoms with Crippen molar-refractivity contribution in [2.24, 2.45) is 4.99 Å². The highest BCUT2D eigenvalue weighted by atomic mass is 15.3. The van der Waals surface area contributed by atoms with E-state index in [-0.39, 0.29) is 0 Å². The van der Waals surface area contributed by atoms with Crippen LogP contribution < -0.4 is 4.90 Å². The Morgan fingerprint density at radius 1 is 0.769 bits per heavy atom. The summed E-state index contributed by atoms with van der Waals surface area (Å²) >= 11 is 0. The first kappa shape index (κ1) is 25.5. The molecule has 0 aliphatic carbocycles. The summed E-state index contributed by atoms with van der Waals surface area (Å²) in [5, 5.41) is 9.13. The highest BCUT2D eigenvalue weighted by molar-refractivity contribution is 5.78. The van der Waals surface area contributed by atoms with Crippen LogP contribution in [-0.2, 0) is 0 Å². The molecule has 39 heavy (non-hydrogen) atoms. The number of pyridine rings is 1. The number of aliphatic imine (C=N–C) groups is 1. The molecule has 0 amide bonds. The number of aromatic nitrogens is 4. The van der Waals surface area contributed by atoms with Crippen LogP contribution in [0.2, 0.25) is 0 Å². The lowest BCUT2D eigenvalue weighted by Crippen LogP contribution is -2.10. The Hall–Kier alpha value is -5.10. The van der Waals surface area contributed by atoms with Crippen molar-refractivity contribution in [3.05, 3.63) is 133 Å². The number of nitrogens with zero attached hydrogens (tertiary/aromatic N) is 6. The van der Waals surface area contributed by atoms with E-state index in [0.717, 1.165) is 39.7 Å². The summed E-state index contributed by atoms with van der Waals surface area (Å²) in [6.07, 6.45) is 9.05. The van der Waals surface area contributed by atoms with Gasteiger partial charge < -0.3 is 4.90 Å². The van der Waals surface area contributed by atoms with Gasteiger partial charge in [0, 0.05) is 52.5 Å². The zero-order chi connectivity index (χ0) is 27.2. The van der Waals surface area contributed by atoms with E-state index in [1.54, 1.807) is 18.6 Å². The van der Waals surface area contributed by atoms with Crippen LogP contribution in [0, 0.1) is 13.8 Å². The average molecular weight is 511 g/mol. The van der Waals surface area contributed by atoms with Crippen LogP contribution >= 0.6 is 0 Å². The first-order chi connectivity index (χ1) is 19.1. The molecular weight excluding hydrogens is 480 g/mol. The van der Waals surface area contributed by atoms with E-state index < -0.39 is 0 Å². The Morgan fingerprint density at radius 2 is 1.31 bits per heavy atom. The van der Waals surface area contributed by atoms with Crippen LogP contribution in [0.15, 0.2) is 121 Å². The van der Waals surface area contributed by atoms with Crippen molar-refractivity contribution in [2.75, 3.05) is 4.90 Å². The molecule has 192 valence electrons. The smallest absolute Gasteiger partial charge is 0.168 e. The lowest BCUT2D eigenvalue weighted by molar-refractivity contribution is 1.03. The predicted molar refractivity (Wildman–Crippen MR) is 161 cm³/mol. The second-order valence-electron chi connectivity index (χ2n) is 9.18. The average Bonchev–Trinajstić information content (AvgIpc) is 3.41. The maximum Gasteiger partial charge on any atom is 0.168 e. The van der Waals surface area contributed by atoms with Crippen molar-refractivity contribution in [2.45, 2.75) is 20.8 Å². The van der Waals surface area contributed by atoms with Gasteiger partial charge in [0.25, 0.3) is 0 Å². The summed E-state index contributed by atoms with van der Waals surface area (Å²) in [6.45, 7) is 9.74. The minimum absolute atomic E-state index is 0.714. The van der Waals surface area contributed by atoms with Gasteiger partial charge in [-0.15, -0.1) is 10.2 Å². The molecule has 0 saturated carbocycles. The Bertz CT molecular complexity index is 1570. The Labute approximate surface area is 229 Å². The van der Waals surface area contributed by atoms with Gasteiger partial charge in [0.15, 0.2) is 11.6 Å². The van der Waals surface area contributed by atoms with E-state index in [1.165, 1.54) is 11.1 Å². The number of hydrogen-bond acceptors (Lipinski definition) is 5. The minimum atomic E-state index is 0.714. The third kappa shape index (κ3) is 5.45. The molecule has 0 aliphatic heterocycles. The van der Waals surface area contributed by atoms with Gasteiger partial charge in [-0.3, -0.25) is 14.5 Å². The molecule has 5 aromatic rings. The van der Waals surface area contributed by atoms with E-state index in [0.29, 0.717) is 5.82 Å². The van der Waals surface area contributed by atoms with Gasteiger partial charge >= 0.3 is 0 Å². The third-order valence-electron chi connectivity index (χ3n) is 6.48. The highest BCUT2D eigenvalue weighted by Gasteiger charge is 2.19. The fraction of sp³-hybridized carbons (Fsp3) is 0.0909. The van der Waals surface area contributed by atoms with Crippen molar-refractivity contribution in [1.82, 2.24) is 19.7 Å². The normalized spacial score (nSPS) is 11.6. The summed E-state index contributed by atoms with van der Waals surface area (Å²) in [5.41, 5.74) is 8.45. The third-order valence-corrected chi connectivity index (χ3v) is 6.48. The van der Waals surface area contributed by atoms with Gasteiger partial charge in [0.1, 0.15) is 0 Å². The van der Waals surface area contributed by atoms with E-state index >= 15 is 0 Å². The summed E-state index contributed by atoms with van der Waals surface area (Å²) in [5.74, 6) is 1.44. The maximum absolute atomic E-state index is 4.56. The van der Waals surface area contributed by atoms with Gasteiger partial charge in [0.05, 0.1) is 0 Å². The van der Waals surface area contributed by atoms with Crippen molar-refractivity contribution >= 4 is 29.4 Å². The molecule has 0 unspecified atom stereocenters. The molecule has 0 atom stereocenters. The van der Waals surface area contributed by atoms with Gasteiger partial charge in [0.2, 0.25) is 0 Å². The fourth-order valence-corrected chi connectivity index (χ4v) is 4.42. The van der Waals surface area contributed by atoms with Crippen LogP contribution in [0.25, 0.3) is 22.6 Å². The number of allylic oxidation sites excluding steroid dienone is 3. The van der Waals surface area contributed by atoms with E-state index in [9.17, 15) is 0 Å². The highest BCUT2D eigenvalue weighted by Crippen LogP contribution is 2.36. The molecule has 3 aromatic carbocycles. The molecule has 6 heteroatoms. The lowest BCUT2D eigenvalue weighted by Gasteiger charge is -2.26. The molecule has 0 N–H and O–H groups in total. The molecule has 0 saturated heterocycles. The van der Waals surface area contributed by atoms with Gasteiger partial charge in [-0.25, -0.2) is 0 Å². The van der Waals surface area contributed by atoms with Crippen LogP contribution in [0.4, 0.5) is 17.1 Å². The number of anilines is 3. The molecule has 0 spiro atoms. The quantitative estimate of drug-likeness (QED) is 0.157. The van der Waals surface area contributed by atoms with E-state index in [4.69, 9.17) is 0 Å². The standard InChI is InChI=1S/C33H30N6/c1-5-26(18-21-34-4)32-36-37-33(27-19-22-35-23-20-27)39(32)31-16-14-30(15-17-31)38(28-10-6-24(2)7-11-28)29-12-8-25(3)9-13-29/h5-23H,4H2,1-3H3/b21-18-,26-5+. The molecule has 2 aromatic heterocycles. The zero-order valence-corrected chi connectivity index (χ0v) is 22.4. The molecule has 0 fully saturated rings. The summed E-state index contributed by atoms with van der Waals surface area (Å²) < 4.78 is 2.06. The van der Waals surface area contributed by atoms with Crippen molar-refractivity contribution in [3.63, 3.8) is 0 Å². The van der Waals surface area contributed by atoms with Crippen LogP contribution in [0.1, 0.15) is 23.9 Å². The number of aryl methyl sites for hydroxylation is 2. The summed E-state index contributed by atoms with van der Waals surface area (Å²) in [7, 11) is 0. The minimum Gasteiger partial charge on any atom is -0.311 e. The fourth-order valence-electron chi connectivity index (χ4n) is 4.42. The van der Waals surface area contributed by atoms with Crippen molar-refractivity contribution < 1.29 is 0 Å². The number of benzene rings is 3. The Balaban J connectivity index is 1.63. The first-order valence-corrected chi connectivity index (χ1v) is 12.8. The largest absolute Gasteiger partial charge is 0.311 e. The van der Waals surface area contributed by atoms with Crippen LogP contribution in [0.3, 0.4) is 0 Å². The van der Waals surface area contributed by atoms with E-state index in [2.05, 4.69) is 123 Å². The number of hydrogen-bond donors (Lipinski definition) is 0. The van der Waals surface area contributed by atoms with Gasteiger partial charge in [-0.2, -0.15) is 0 Å². The topological polar surface area (TPSA) is 59.2 Å². The van der Waals surface area contributed by atoms with E-state index in [1.807, 2.05) is 31.2 Å². The maximum atomic E-state index is 4.56. The monoisotopic (exact) mass is 510 g/mol. The Morgan fingerprint density at radius 3 is 1.82 bits per heavy atom. The Kier molecular flexibility index (Phi) is 7.55. The zero-order valence-electron chi connectivity index (χ0n) is 22.4. The van der Waals surface area contributed by atoms with Crippen LogP contribution in [0.5, 0.6) is 0 Å². The molecule has 5 rings (SSSR count). The molecule has 0 radical (unpaired) electrons. The summed E-state index contributed by atoms with van der Waals surface area (Å²) in [6, 6.07) is 29.5. The van der Waals surface area contributed by atoms with Crippen LogP contribution in [-0.4, -0.2) is 26.5 Å². The molecule has 6 nitrogen and oxygen atoms in total. The van der Waals surface area contributed by atoms with Crippen molar-refractivity contribution in [3.8, 4) is 17.1 Å². The molecule has 2 heterocycles. The second kappa shape index (κ2) is 11.5. The summed E-state index contributed by atoms with van der Waals surface area (Å²) in [4.78, 5) is 10.3. The molecule has 0 bridgehead atoms. The lowest BCUT2D eigenvalue weighted by atomic mass is 10.1. The molecule has 0 aliphatic rings. The first-order valence-electron chi connectivity index (χ1n) is 12.8. The predicted octanol–water partition coefficient (Wildman–Crippen LogP) is 8.03. The van der Waals surface area contributed by atoms with Gasteiger partial charge in [-0.1, -0.05) is 41.5 Å². The number of rotatable bonds is 8. The molecular formula is C33H30N6. The van der Waals surface area contributed by atoms with Crippen molar-refractivity contribution in [1.29, 1.82) is 0 Å².